The summed E-state index contributed by atoms with van der Waals surface area (Å²) in [7, 11) is 0. The van der Waals surface area contributed by atoms with Crippen molar-refractivity contribution in [3.63, 3.8) is 0 Å². The fourth-order valence-electron chi connectivity index (χ4n) is 1.68. The van der Waals surface area contributed by atoms with Crippen LogP contribution in [0.15, 0.2) is 36.7 Å². The standard InChI is InChI=1S/C14H13FN2O2/c1-9-7-16-5-4-11(9)8-17-13-3-2-10(14(18)19)6-12(13)15/h2-7,17H,8H2,1H3,(H,18,19). The lowest BCUT2D eigenvalue weighted by molar-refractivity contribution is 0.0696. The number of aromatic carboxylic acids is 1. The predicted molar refractivity (Wildman–Crippen MR) is 69.7 cm³/mol. The molecule has 0 saturated heterocycles. The molecule has 2 rings (SSSR count). The van der Waals surface area contributed by atoms with Crippen molar-refractivity contribution in [1.29, 1.82) is 0 Å². The van der Waals surface area contributed by atoms with Gasteiger partial charge in [0.05, 0.1) is 11.3 Å². The number of benzene rings is 1. The van der Waals surface area contributed by atoms with E-state index in [2.05, 4.69) is 10.3 Å². The van der Waals surface area contributed by atoms with Gasteiger partial charge in [-0.15, -0.1) is 0 Å². The van der Waals surface area contributed by atoms with E-state index in [9.17, 15) is 9.18 Å². The van der Waals surface area contributed by atoms with Gasteiger partial charge in [-0.3, -0.25) is 4.98 Å². The molecular formula is C14H13FN2O2. The van der Waals surface area contributed by atoms with Gasteiger partial charge >= 0.3 is 5.97 Å². The summed E-state index contributed by atoms with van der Waals surface area (Å²) in [5, 5.41) is 11.7. The third-order valence-corrected chi connectivity index (χ3v) is 2.82. The number of carboxylic acids is 1. The fraction of sp³-hybridized carbons (Fsp3) is 0.143. The Labute approximate surface area is 109 Å². The van der Waals surface area contributed by atoms with Crippen LogP contribution in [0.25, 0.3) is 0 Å². The second-order valence-corrected chi connectivity index (χ2v) is 4.16. The molecule has 0 unspecified atom stereocenters. The number of carboxylic acid groups (broad SMARTS) is 1. The molecule has 2 N–H and O–H groups in total. The molecule has 0 saturated carbocycles. The van der Waals surface area contributed by atoms with E-state index in [1.54, 1.807) is 12.4 Å². The van der Waals surface area contributed by atoms with Crippen LogP contribution in [0.2, 0.25) is 0 Å². The van der Waals surface area contributed by atoms with Crippen LogP contribution in [-0.2, 0) is 6.54 Å². The molecule has 0 amide bonds. The third kappa shape index (κ3) is 3.07. The molecule has 19 heavy (non-hydrogen) atoms. The second-order valence-electron chi connectivity index (χ2n) is 4.16. The van der Waals surface area contributed by atoms with Crippen molar-refractivity contribution in [3.8, 4) is 0 Å². The molecule has 0 radical (unpaired) electrons. The van der Waals surface area contributed by atoms with Crippen LogP contribution in [0.1, 0.15) is 21.5 Å². The van der Waals surface area contributed by atoms with Gasteiger partial charge in [0, 0.05) is 18.9 Å². The Morgan fingerprint density at radius 2 is 2.21 bits per heavy atom. The van der Waals surface area contributed by atoms with E-state index < -0.39 is 11.8 Å². The van der Waals surface area contributed by atoms with Gasteiger partial charge in [-0.05, 0) is 42.3 Å². The number of nitrogens with one attached hydrogen (secondary N) is 1. The molecule has 1 aromatic heterocycles. The molecule has 0 aliphatic heterocycles. The highest BCUT2D eigenvalue weighted by Crippen LogP contribution is 2.17. The van der Waals surface area contributed by atoms with Crippen molar-refractivity contribution in [2.75, 3.05) is 5.32 Å². The lowest BCUT2D eigenvalue weighted by Gasteiger charge is -2.09. The largest absolute Gasteiger partial charge is 0.478 e. The highest BCUT2D eigenvalue weighted by atomic mass is 19.1. The fourth-order valence-corrected chi connectivity index (χ4v) is 1.68. The van der Waals surface area contributed by atoms with Crippen LogP contribution in [0.5, 0.6) is 0 Å². The summed E-state index contributed by atoms with van der Waals surface area (Å²) in [5.74, 6) is -1.72. The van der Waals surface area contributed by atoms with E-state index >= 15 is 0 Å². The first-order valence-corrected chi connectivity index (χ1v) is 5.74. The number of halogens is 1. The number of rotatable bonds is 4. The van der Waals surface area contributed by atoms with Crippen molar-refractivity contribution in [2.24, 2.45) is 0 Å². The molecule has 0 spiro atoms. The molecule has 0 bridgehead atoms. The zero-order valence-corrected chi connectivity index (χ0v) is 10.4. The Morgan fingerprint density at radius 3 is 2.84 bits per heavy atom. The maximum absolute atomic E-state index is 13.7. The predicted octanol–water partition coefficient (Wildman–Crippen LogP) is 2.84. The van der Waals surface area contributed by atoms with Crippen LogP contribution in [0.4, 0.5) is 10.1 Å². The Morgan fingerprint density at radius 1 is 1.42 bits per heavy atom. The first-order valence-electron chi connectivity index (χ1n) is 5.74. The number of aromatic nitrogens is 1. The summed E-state index contributed by atoms with van der Waals surface area (Å²) in [6, 6.07) is 5.65. The number of nitrogens with zero attached hydrogens (tertiary/aromatic N) is 1. The Hall–Kier alpha value is -2.43. The SMILES string of the molecule is Cc1cnccc1CNc1ccc(C(=O)O)cc1F. The van der Waals surface area contributed by atoms with E-state index in [1.807, 2.05) is 13.0 Å². The zero-order valence-electron chi connectivity index (χ0n) is 10.4. The van der Waals surface area contributed by atoms with Gasteiger partial charge in [-0.1, -0.05) is 0 Å². The second kappa shape index (κ2) is 5.48. The lowest BCUT2D eigenvalue weighted by Crippen LogP contribution is -2.05. The van der Waals surface area contributed by atoms with E-state index in [1.165, 1.54) is 12.1 Å². The van der Waals surface area contributed by atoms with Crippen LogP contribution in [-0.4, -0.2) is 16.1 Å². The number of aryl methyl sites for hydroxylation is 1. The first-order chi connectivity index (χ1) is 9.08. The maximum atomic E-state index is 13.7. The topological polar surface area (TPSA) is 62.2 Å². The number of anilines is 1. The van der Waals surface area contributed by atoms with Gasteiger partial charge in [0.2, 0.25) is 0 Å². The smallest absolute Gasteiger partial charge is 0.335 e. The minimum atomic E-state index is -1.14. The summed E-state index contributed by atoms with van der Waals surface area (Å²) >= 11 is 0. The average molecular weight is 260 g/mol. The molecule has 98 valence electrons. The molecular weight excluding hydrogens is 247 g/mol. The molecule has 0 aliphatic rings. The highest BCUT2D eigenvalue weighted by molar-refractivity contribution is 5.88. The van der Waals surface area contributed by atoms with Crippen LogP contribution in [0, 0.1) is 12.7 Å². The van der Waals surface area contributed by atoms with Gasteiger partial charge in [-0.25, -0.2) is 9.18 Å². The number of carbonyl (C=O) groups is 1. The molecule has 0 atom stereocenters. The van der Waals surface area contributed by atoms with Gasteiger partial charge in [-0.2, -0.15) is 0 Å². The van der Waals surface area contributed by atoms with E-state index in [-0.39, 0.29) is 11.3 Å². The van der Waals surface area contributed by atoms with Crippen LogP contribution >= 0.6 is 0 Å². The normalized spacial score (nSPS) is 10.2. The van der Waals surface area contributed by atoms with Crippen molar-refractivity contribution in [2.45, 2.75) is 13.5 Å². The quantitative estimate of drug-likeness (QED) is 0.887. The average Bonchev–Trinajstić information content (AvgIpc) is 2.39. The number of hydrogen-bond acceptors (Lipinski definition) is 3. The summed E-state index contributed by atoms with van der Waals surface area (Å²) in [6.45, 7) is 2.38. The Balaban J connectivity index is 2.12. The zero-order chi connectivity index (χ0) is 13.8. The molecule has 0 fully saturated rings. The Bertz CT molecular complexity index is 614. The maximum Gasteiger partial charge on any atom is 0.335 e. The van der Waals surface area contributed by atoms with Crippen molar-refractivity contribution >= 4 is 11.7 Å². The van der Waals surface area contributed by atoms with E-state index in [4.69, 9.17) is 5.11 Å². The monoisotopic (exact) mass is 260 g/mol. The van der Waals surface area contributed by atoms with Gasteiger partial charge in [0.1, 0.15) is 5.82 Å². The Kier molecular flexibility index (Phi) is 3.75. The third-order valence-electron chi connectivity index (χ3n) is 2.82. The molecule has 1 aromatic carbocycles. The molecule has 4 nitrogen and oxygen atoms in total. The lowest BCUT2D eigenvalue weighted by atomic mass is 10.1. The van der Waals surface area contributed by atoms with Gasteiger partial charge in [0.25, 0.3) is 0 Å². The minimum absolute atomic E-state index is 0.0665. The highest BCUT2D eigenvalue weighted by Gasteiger charge is 2.08. The molecule has 1 heterocycles. The van der Waals surface area contributed by atoms with Gasteiger partial charge < -0.3 is 10.4 Å². The van der Waals surface area contributed by atoms with Crippen LogP contribution < -0.4 is 5.32 Å². The molecule has 0 aliphatic carbocycles. The summed E-state index contributed by atoms with van der Waals surface area (Å²) < 4.78 is 13.7. The first kappa shape index (κ1) is 13.0. The van der Waals surface area contributed by atoms with E-state index in [0.29, 0.717) is 6.54 Å². The summed E-state index contributed by atoms with van der Waals surface area (Å²) in [5.41, 5.74) is 2.23. The minimum Gasteiger partial charge on any atom is -0.478 e. The van der Waals surface area contributed by atoms with E-state index in [0.717, 1.165) is 17.2 Å². The van der Waals surface area contributed by atoms with Crippen molar-refractivity contribution < 1.29 is 14.3 Å². The molecule has 5 heteroatoms. The van der Waals surface area contributed by atoms with Crippen LogP contribution in [0.3, 0.4) is 0 Å². The van der Waals surface area contributed by atoms with Crippen molar-refractivity contribution in [1.82, 2.24) is 4.98 Å². The van der Waals surface area contributed by atoms with Crippen molar-refractivity contribution in [3.05, 3.63) is 59.2 Å². The number of pyridine rings is 1. The number of hydrogen-bond donors (Lipinski definition) is 2. The summed E-state index contributed by atoms with van der Waals surface area (Å²) in [4.78, 5) is 14.7. The van der Waals surface area contributed by atoms with Gasteiger partial charge in [0.15, 0.2) is 0 Å². The molecule has 2 aromatic rings. The summed E-state index contributed by atoms with van der Waals surface area (Å²) in [6.07, 6.45) is 3.41.